The Kier molecular flexibility index (Phi) is 7.05. The van der Waals surface area contributed by atoms with E-state index in [9.17, 15) is 8.42 Å². The van der Waals surface area contributed by atoms with E-state index in [0.29, 0.717) is 11.5 Å². The summed E-state index contributed by atoms with van der Waals surface area (Å²) in [6.45, 7) is 0. The maximum atomic E-state index is 12.0. The van der Waals surface area contributed by atoms with Gasteiger partial charge in [-0.05, 0) is 0 Å². The van der Waals surface area contributed by atoms with Crippen LogP contribution in [0.5, 0.6) is 11.5 Å². The van der Waals surface area contributed by atoms with Crippen molar-refractivity contribution in [3.63, 3.8) is 0 Å². The van der Waals surface area contributed by atoms with Crippen molar-refractivity contribution < 1.29 is 35.2 Å². The van der Waals surface area contributed by atoms with Crippen LogP contribution < -0.4 is 5.63 Å². The van der Waals surface area contributed by atoms with Crippen LogP contribution in [0, 0.1) is 0 Å². The first kappa shape index (κ1) is 22.4. The first-order chi connectivity index (χ1) is 15.0. The van der Waals surface area contributed by atoms with Gasteiger partial charge in [0.2, 0.25) is 0 Å². The Bertz CT molecular complexity index is 1070. The monoisotopic (exact) mass is 530 g/mol. The van der Waals surface area contributed by atoms with E-state index in [-0.39, 0.29) is 0 Å². The first-order valence-corrected chi connectivity index (χ1v) is 17.5. The Morgan fingerprint density at radius 1 is 0.742 bits per heavy atom. The third-order valence-electron chi connectivity index (χ3n) is 5.19. The molecule has 0 radical (unpaired) electrons. The first-order valence-electron chi connectivity index (χ1n) is 9.95. The van der Waals surface area contributed by atoms with E-state index < -0.39 is 42.7 Å². The second-order valence-electron chi connectivity index (χ2n) is 7.33. The van der Waals surface area contributed by atoms with Crippen LogP contribution in [0.25, 0.3) is 0 Å². The van der Waals surface area contributed by atoms with E-state index in [0.717, 1.165) is 22.6 Å². The molecule has 160 valence electrons. The molecule has 0 heterocycles. The predicted molar refractivity (Wildman–Crippen MR) is 122 cm³/mol. The fraction of sp³-hybridized carbons (Fsp3) is 0.167. The molecule has 0 aromatic heterocycles. The minimum atomic E-state index is -4.13. The van der Waals surface area contributed by atoms with Crippen molar-refractivity contribution in [3.8, 4) is 11.5 Å². The fourth-order valence-electron chi connectivity index (χ4n) is 3.64. The van der Waals surface area contributed by atoms with E-state index in [4.69, 9.17) is 5.63 Å². The second-order valence-corrected chi connectivity index (χ2v) is 17.3. The van der Waals surface area contributed by atoms with Crippen molar-refractivity contribution in [2.24, 2.45) is 0 Å². The Morgan fingerprint density at radius 2 is 1.19 bits per heavy atom. The third-order valence-corrected chi connectivity index (χ3v) is 15.6. The van der Waals surface area contributed by atoms with Crippen LogP contribution in [0.3, 0.4) is 0 Å². The van der Waals surface area contributed by atoms with Crippen LogP contribution in [0.1, 0.15) is 12.8 Å². The number of benzene rings is 2. The van der Waals surface area contributed by atoms with Gasteiger partial charge in [-0.3, -0.25) is 0 Å². The van der Waals surface area contributed by atoms with E-state index in [1.54, 1.807) is 12.5 Å². The van der Waals surface area contributed by atoms with Crippen molar-refractivity contribution >= 4 is 21.6 Å². The number of hydrogen-bond donors (Lipinski definition) is 0. The van der Waals surface area contributed by atoms with Crippen LogP contribution >= 0.6 is 0 Å². The quantitative estimate of drug-likeness (QED) is 0.464. The normalized spacial score (nSPS) is 17.2. The van der Waals surface area contributed by atoms with Gasteiger partial charge >= 0.3 is 195 Å². The zero-order valence-electron chi connectivity index (χ0n) is 17.4. The van der Waals surface area contributed by atoms with Gasteiger partial charge in [-0.1, -0.05) is 0 Å². The van der Waals surface area contributed by atoms with Gasteiger partial charge in [-0.25, -0.2) is 0 Å². The molecule has 2 atom stereocenters. The molecule has 7 heteroatoms. The van der Waals surface area contributed by atoms with Crippen molar-refractivity contribution in [2.75, 3.05) is 12.5 Å². The van der Waals surface area contributed by atoms with Gasteiger partial charge in [0, 0.05) is 0 Å². The molecular formula is C24H24O4S2Zr. The zero-order chi connectivity index (χ0) is 21.8. The van der Waals surface area contributed by atoms with Crippen LogP contribution in [0.4, 0.5) is 0 Å². The van der Waals surface area contributed by atoms with Crippen LogP contribution in [0.2, 0.25) is 0 Å². The van der Waals surface area contributed by atoms with Crippen molar-refractivity contribution in [2.45, 2.75) is 22.6 Å². The molecule has 2 aliphatic rings. The summed E-state index contributed by atoms with van der Waals surface area (Å²) in [6.07, 6.45) is 17.4. The standard InChI is InChI=1S/2C7H8O2S.2C5H5.Zr/c2*1-10(9)7-4-2-3-6(8)5-7;2*1-2-4-5-3-1;/h2*2-5,8H,1H3;2*1-3H,4H2;/q;;;;+2/p-2. The van der Waals surface area contributed by atoms with Crippen LogP contribution in [-0.2, 0) is 42.7 Å². The Balaban J connectivity index is 1.81. The number of rotatable bonds is 8. The molecule has 0 spiro atoms. The van der Waals surface area contributed by atoms with Gasteiger partial charge in [-0.2, -0.15) is 0 Å². The maximum absolute atomic E-state index is 12.0. The van der Waals surface area contributed by atoms with Crippen LogP contribution in [-0.4, -0.2) is 20.9 Å². The molecule has 2 aromatic carbocycles. The van der Waals surface area contributed by atoms with E-state index in [1.807, 2.05) is 60.7 Å². The van der Waals surface area contributed by atoms with Crippen molar-refractivity contribution in [1.82, 2.24) is 0 Å². The Hall–Kier alpha value is -1.82. The van der Waals surface area contributed by atoms with Gasteiger partial charge in [0.05, 0.1) is 0 Å². The van der Waals surface area contributed by atoms with Gasteiger partial charge in [-0.15, -0.1) is 0 Å². The molecule has 4 rings (SSSR count). The summed E-state index contributed by atoms with van der Waals surface area (Å²) in [7, 11) is -2.21. The van der Waals surface area contributed by atoms with E-state index in [2.05, 4.69) is 24.3 Å². The molecule has 31 heavy (non-hydrogen) atoms. The van der Waals surface area contributed by atoms with Crippen LogP contribution in [0.15, 0.2) is 101 Å². The summed E-state index contributed by atoms with van der Waals surface area (Å²) < 4.78 is 40.1. The van der Waals surface area contributed by atoms with Gasteiger partial charge in [0.1, 0.15) is 0 Å². The molecular weight excluding hydrogens is 508 g/mol. The molecule has 0 bridgehead atoms. The second kappa shape index (κ2) is 9.76. The minimum absolute atomic E-state index is 0.666. The summed E-state index contributed by atoms with van der Waals surface area (Å²) in [6, 6.07) is 14.9. The Labute approximate surface area is 193 Å². The van der Waals surface area contributed by atoms with Crippen molar-refractivity contribution in [1.29, 1.82) is 0 Å². The molecule has 0 N–H and O–H groups in total. The molecule has 0 fully saturated rings. The van der Waals surface area contributed by atoms with Gasteiger partial charge in [0.15, 0.2) is 0 Å². The molecule has 2 aliphatic carbocycles. The summed E-state index contributed by atoms with van der Waals surface area (Å²) in [5, 5.41) is 0. The summed E-state index contributed by atoms with van der Waals surface area (Å²) in [5.41, 5.74) is 0. The Morgan fingerprint density at radius 3 is 1.55 bits per heavy atom. The average molecular weight is 532 g/mol. The molecule has 0 amide bonds. The van der Waals surface area contributed by atoms with E-state index >= 15 is 0 Å². The molecule has 0 aliphatic heterocycles. The SMILES string of the molecule is CS(=O)c1cccc([O][Zr]([O]c2cccc(S(C)=O)c2)([C]2=CC=CC2)[C]2=CC=CC2)c1. The predicted octanol–water partition coefficient (Wildman–Crippen LogP) is 5.29. The number of hydrogen-bond acceptors (Lipinski definition) is 4. The fourth-order valence-corrected chi connectivity index (χ4v) is 12.9. The molecule has 4 nitrogen and oxygen atoms in total. The van der Waals surface area contributed by atoms with E-state index in [1.165, 1.54) is 6.56 Å². The molecule has 2 aromatic rings. The molecule has 2 unspecified atom stereocenters. The topological polar surface area (TPSA) is 52.6 Å². The molecule has 0 saturated carbocycles. The number of allylic oxidation sites excluding steroid dienone is 8. The summed E-state index contributed by atoms with van der Waals surface area (Å²) in [5.74, 6) is 1.33. The van der Waals surface area contributed by atoms with Gasteiger partial charge in [0.25, 0.3) is 0 Å². The summed E-state index contributed by atoms with van der Waals surface area (Å²) in [4.78, 5) is 1.44. The van der Waals surface area contributed by atoms with Gasteiger partial charge < -0.3 is 0 Å². The molecule has 0 saturated heterocycles. The van der Waals surface area contributed by atoms with Crippen molar-refractivity contribution in [3.05, 3.63) is 91.5 Å². The zero-order valence-corrected chi connectivity index (χ0v) is 21.5. The average Bonchev–Trinajstić information content (AvgIpc) is 3.48. The summed E-state index contributed by atoms with van der Waals surface area (Å²) >= 11 is -4.13. The third kappa shape index (κ3) is 5.00.